The van der Waals surface area contributed by atoms with Gasteiger partial charge in [0.15, 0.2) is 0 Å². The van der Waals surface area contributed by atoms with Gasteiger partial charge in [0, 0.05) is 11.6 Å². The van der Waals surface area contributed by atoms with E-state index in [1.807, 2.05) is 24.3 Å². The van der Waals surface area contributed by atoms with Gasteiger partial charge in [0.05, 0.1) is 5.92 Å². The normalized spacial score (nSPS) is 21.8. The average Bonchev–Trinajstić information content (AvgIpc) is 2.32. The third kappa shape index (κ3) is 3.13. The van der Waals surface area contributed by atoms with Crippen molar-refractivity contribution in [1.29, 1.82) is 0 Å². The number of hydrogen-bond donors (Lipinski definition) is 2. The van der Waals surface area contributed by atoms with Crippen molar-refractivity contribution in [2.24, 2.45) is 5.92 Å². The number of carboxylic acid groups (broad SMARTS) is 1. The number of amides is 1. The number of carbonyl (C=O) groups is 2. The van der Waals surface area contributed by atoms with E-state index < -0.39 is 5.97 Å². The minimum absolute atomic E-state index is 0.00150. The van der Waals surface area contributed by atoms with Gasteiger partial charge in [0.25, 0.3) is 5.91 Å². The number of nitrogens with one attached hydrogen (secondary N) is 1. The summed E-state index contributed by atoms with van der Waals surface area (Å²) in [5, 5.41) is 11.6. The van der Waals surface area contributed by atoms with Crippen LogP contribution in [0.25, 0.3) is 0 Å². The lowest BCUT2D eigenvalue weighted by Gasteiger charge is -2.32. The molecule has 4 nitrogen and oxygen atoms in total. The van der Waals surface area contributed by atoms with E-state index in [0.717, 1.165) is 0 Å². The Morgan fingerprint density at radius 3 is 2.26 bits per heavy atom. The molecule has 0 spiro atoms. The SMILES string of the molecule is CC(C)c1ccc(C(=O)NC2CC(C(=O)O)C2)cc1. The zero-order chi connectivity index (χ0) is 14.0. The first-order valence-corrected chi connectivity index (χ1v) is 6.61. The molecule has 102 valence electrons. The van der Waals surface area contributed by atoms with Crippen LogP contribution in [0.2, 0.25) is 0 Å². The average molecular weight is 261 g/mol. The van der Waals surface area contributed by atoms with Crippen molar-refractivity contribution in [3.8, 4) is 0 Å². The number of hydrogen-bond acceptors (Lipinski definition) is 2. The van der Waals surface area contributed by atoms with Crippen molar-refractivity contribution in [2.75, 3.05) is 0 Å². The van der Waals surface area contributed by atoms with E-state index in [1.54, 1.807) is 0 Å². The Kier molecular flexibility index (Phi) is 3.88. The molecule has 0 atom stereocenters. The highest BCUT2D eigenvalue weighted by atomic mass is 16.4. The van der Waals surface area contributed by atoms with Gasteiger partial charge in [-0.2, -0.15) is 0 Å². The van der Waals surface area contributed by atoms with Gasteiger partial charge < -0.3 is 10.4 Å². The van der Waals surface area contributed by atoms with Gasteiger partial charge in [-0.3, -0.25) is 9.59 Å². The molecule has 1 saturated carbocycles. The molecule has 19 heavy (non-hydrogen) atoms. The van der Waals surface area contributed by atoms with Gasteiger partial charge in [-0.25, -0.2) is 0 Å². The smallest absolute Gasteiger partial charge is 0.306 e. The summed E-state index contributed by atoms with van der Waals surface area (Å²) < 4.78 is 0. The predicted octanol–water partition coefficient (Wildman–Crippen LogP) is 2.40. The minimum atomic E-state index is -0.771. The summed E-state index contributed by atoms with van der Waals surface area (Å²) in [5.74, 6) is -0.746. The van der Waals surface area contributed by atoms with E-state index in [1.165, 1.54) is 5.56 Å². The molecule has 0 heterocycles. The summed E-state index contributed by atoms with van der Waals surface area (Å²) in [4.78, 5) is 22.6. The quantitative estimate of drug-likeness (QED) is 0.874. The Balaban J connectivity index is 1.89. The van der Waals surface area contributed by atoms with E-state index in [9.17, 15) is 9.59 Å². The molecule has 0 unspecified atom stereocenters. The Morgan fingerprint density at radius 2 is 1.79 bits per heavy atom. The fourth-order valence-electron chi connectivity index (χ4n) is 2.23. The van der Waals surface area contributed by atoms with Crippen LogP contribution in [0.4, 0.5) is 0 Å². The van der Waals surface area contributed by atoms with Crippen LogP contribution >= 0.6 is 0 Å². The largest absolute Gasteiger partial charge is 0.481 e. The molecule has 0 bridgehead atoms. The van der Waals surface area contributed by atoms with Gasteiger partial charge in [-0.15, -0.1) is 0 Å². The fraction of sp³-hybridized carbons (Fsp3) is 0.467. The number of aliphatic carboxylic acids is 1. The van der Waals surface area contributed by atoms with Crippen molar-refractivity contribution in [3.63, 3.8) is 0 Å². The Hall–Kier alpha value is -1.84. The van der Waals surface area contributed by atoms with Crippen LogP contribution in [0.5, 0.6) is 0 Å². The zero-order valence-corrected chi connectivity index (χ0v) is 11.2. The summed E-state index contributed by atoms with van der Waals surface area (Å²) in [6.07, 6.45) is 1.07. The molecule has 0 saturated heterocycles. The topological polar surface area (TPSA) is 66.4 Å². The molecule has 2 N–H and O–H groups in total. The lowest BCUT2D eigenvalue weighted by atomic mass is 9.80. The molecule has 1 amide bonds. The molecule has 0 aromatic heterocycles. The van der Waals surface area contributed by atoms with Crippen LogP contribution in [-0.2, 0) is 4.79 Å². The maximum Gasteiger partial charge on any atom is 0.306 e. The molecule has 1 aliphatic carbocycles. The van der Waals surface area contributed by atoms with E-state index in [2.05, 4.69) is 19.2 Å². The first-order valence-electron chi connectivity index (χ1n) is 6.61. The van der Waals surface area contributed by atoms with Crippen LogP contribution in [-0.4, -0.2) is 23.0 Å². The van der Waals surface area contributed by atoms with Crippen LogP contribution in [0.3, 0.4) is 0 Å². The molecule has 2 rings (SSSR count). The van der Waals surface area contributed by atoms with Gasteiger partial charge >= 0.3 is 5.97 Å². The molecule has 1 fully saturated rings. The van der Waals surface area contributed by atoms with Crippen molar-refractivity contribution in [1.82, 2.24) is 5.32 Å². The first kappa shape index (κ1) is 13.6. The molecular formula is C15H19NO3. The van der Waals surface area contributed by atoms with E-state index in [-0.39, 0.29) is 17.9 Å². The molecule has 4 heteroatoms. The highest BCUT2D eigenvalue weighted by molar-refractivity contribution is 5.94. The fourth-order valence-corrected chi connectivity index (χ4v) is 2.23. The van der Waals surface area contributed by atoms with Gasteiger partial charge in [0.1, 0.15) is 0 Å². The van der Waals surface area contributed by atoms with Crippen molar-refractivity contribution < 1.29 is 14.7 Å². The highest BCUT2D eigenvalue weighted by Gasteiger charge is 2.35. The lowest BCUT2D eigenvalue weighted by Crippen LogP contribution is -2.46. The maximum absolute atomic E-state index is 11.9. The number of carbonyl (C=O) groups excluding carboxylic acids is 1. The van der Waals surface area contributed by atoms with Gasteiger partial charge in [-0.1, -0.05) is 26.0 Å². The second-order valence-corrected chi connectivity index (χ2v) is 5.45. The second-order valence-electron chi connectivity index (χ2n) is 5.45. The van der Waals surface area contributed by atoms with Crippen LogP contribution in [0, 0.1) is 5.92 Å². The van der Waals surface area contributed by atoms with Crippen LogP contribution < -0.4 is 5.32 Å². The van der Waals surface area contributed by atoms with E-state index in [4.69, 9.17) is 5.11 Å². The van der Waals surface area contributed by atoms with E-state index in [0.29, 0.717) is 24.3 Å². The molecular weight excluding hydrogens is 242 g/mol. The Morgan fingerprint density at radius 1 is 1.21 bits per heavy atom. The van der Waals surface area contributed by atoms with Gasteiger partial charge in [0.2, 0.25) is 0 Å². The summed E-state index contributed by atoms with van der Waals surface area (Å²) in [6, 6.07) is 7.55. The first-order chi connectivity index (χ1) is 8.97. The Bertz CT molecular complexity index is 473. The van der Waals surface area contributed by atoms with E-state index >= 15 is 0 Å². The summed E-state index contributed by atoms with van der Waals surface area (Å²) >= 11 is 0. The monoisotopic (exact) mass is 261 g/mol. The molecule has 1 aliphatic rings. The third-order valence-corrected chi connectivity index (χ3v) is 3.66. The van der Waals surface area contributed by atoms with Gasteiger partial charge in [-0.05, 0) is 36.5 Å². The Labute approximate surface area is 112 Å². The second kappa shape index (κ2) is 5.43. The van der Waals surface area contributed by atoms with Crippen LogP contribution in [0.1, 0.15) is 48.5 Å². The zero-order valence-electron chi connectivity index (χ0n) is 11.2. The summed E-state index contributed by atoms with van der Waals surface area (Å²) in [5.41, 5.74) is 1.83. The predicted molar refractivity (Wildman–Crippen MR) is 72.1 cm³/mol. The summed E-state index contributed by atoms with van der Waals surface area (Å²) in [7, 11) is 0. The standard InChI is InChI=1S/C15H19NO3/c1-9(2)10-3-5-11(6-4-10)14(17)16-13-7-12(8-13)15(18)19/h3-6,9,12-13H,7-8H2,1-2H3,(H,16,17)(H,18,19). The number of carboxylic acids is 1. The highest BCUT2D eigenvalue weighted by Crippen LogP contribution is 2.27. The van der Waals surface area contributed by atoms with Crippen molar-refractivity contribution in [3.05, 3.63) is 35.4 Å². The van der Waals surface area contributed by atoms with Crippen molar-refractivity contribution in [2.45, 2.75) is 38.6 Å². The third-order valence-electron chi connectivity index (χ3n) is 3.66. The minimum Gasteiger partial charge on any atom is -0.481 e. The number of rotatable bonds is 4. The number of benzene rings is 1. The molecule has 1 aromatic carbocycles. The molecule has 1 aromatic rings. The maximum atomic E-state index is 11.9. The molecule has 0 radical (unpaired) electrons. The molecule has 0 aliphatic heterocycles. The lowest BCUT2D eigenvalue weighted by molar-refractivity contribution is -0.145. The van der Waals surface area contributed by atoms with Crippen LogP contribution in [0.15, 0.2) is 24.3 Å². The van der Waals surface area contributed by atoms with Crippen molar-refractivity contribution >= 4 is 11.9 Å². The summed E-state index contributed by atoms with van der Waals surface area (Å²) in [6.45, 7) is 4.21.